The van der Waals surface area contributed by atoms with Gasteiger partial charge in [-0.25, -0.2) is 14.3 Å². The summed E-state index contributed by atoms with van der Waals surface area (Å²) in [6.45, 7) is 3.59. The Bertz CT molecular complexity index is 298. The average molecular weight is 263 g/mol. The first-order valence-electron chi connectivity index (χ1n) is 4.98. The second-order valence-corrected chi connectivity index (χ2v) is 4.75. The Balaban J connectivity index is -0.000000980. The normalized spacial score (nSPS) is 12.9. The van der Waals surface area contributed by atoms with Gasteiger partial charge in [-0.1, -0.05) is 32.6 Å². The standard InChI is InChI=1S/C8H17NO5S.Na.H/c1-3-4-5-6-7-8(2)14-15(12,13)9(10)11;;/h8H,3-7H2,1-2H3;;/q;+1;-1. The van der Waals surface area contributed by atoms with Gasteiger partial charge in [-0.3, -0.25) is 0 Å². The molecule has 0 saturated heterocycles. The van der Waals surface area contributed by atoms with Gasteiger partial charge in [0.1, 0.15) is 0 Å². The molecule has 0 heterocycles. The van der Waals surface area contributed by atoms with Crippen molar-refractivity contribution in [2.24, 2.45) is 0 Å². The van der Waals surface area contributed by atoms with Gasteiger partial charge in [0, 0.05) is 0 Å². The van der Waals surface area contributed by atoms with E-state index < -0.39 is 20.7 Å². The molecule has 0 spiro atoms. The Morgan fingerprint density at radius 2 is 1.94 bits per heavy atom. The van der Waals surface area contributed by atoms with Crippen LogP contribution in [-0.2, 0) is 14.5 Å². The van der Waals surface area contributed by atoms with Gasteiger partial charge in [0.25, 0.3) is 0 Å². The van der Waals surface area contributed by atoms with Crippen molar-refractivity contribution < 1.29 is 47.9 Å². The third kappa shape index (κ3) is 8.46. The summed E-state index contributed by atoms with van der Waals surface area (Å²) in [6, 6.07) is 0. The zero-order valence-electron chi connectivity index (χ0n) is 11.0. The molecule has 0 bridgehead atoms. The van der Waals surface area contributed by atoms with E-state index in [0.717, 1.165) is 25.7 Å². The van der Waals surface area contributed by atoms with Gasteiger partial charge in [0.15, 0.2) is 4.33 Å². The molecule has 0 radical (unpaired) electrons. The average Bonchev–Trinajstić information content (AvgIpc) is 2.11. The molecule has 0 aliphatic rings. The molecule has 0 amide bonds. The van der Waals surface area contributed by atoms with E-state index >= 15 is 0 Å². The third-order valence-electron chi connectivity index (χ3n) is 1.93. The second-order valence-electron chi connectivity index (χ2n) is 3.41. The predicted octanol–water partition coefficient (Wildman–Crippen LogP) is -1.00. The molecule has 0 N–H and O–H groups in total. The minimum absolute atomic E-state index is 0. The van der Waals surface area contributed by atoms with E-state index in [-0.39, 0.29) is 31.0 Å². The molecule has 0 aromatic heterocycles. The topological polar surface area (TPSA) is 86.5 Å². The second kappa shape index (κ2) is 9.35. The summed E-state index contributed by atoms with van der Waals surface area (Å²) in [7, 11) is -4.62. The molecule has 1 atom stereocenters. The van der Waals surface area contributed by atoms with Gasteiger partial charge >= 0.3 is 39.9 Å². The maximum atomic E-state index is 10.7. The van der Waals surface area contributed by atoms with Crippen LogP contribution >= 0.6 is 0 Å². The number of nitrogens with zero attached hydrogens (tertiary/aromatic N) is 1. The van der Waals surface area contributed by atoms with Crippen LogP contribution in [0.15, 0.2) is 0 Å². The van der Waals surface area contributed by atoms with E-state index in [4.69, 9.17) is 0 Å². The number of hydrogen-bond acceptors (Lipinski definition) is 5. The SMILES string of the molecule is CCCCCCC(C)OS(=O)(=O)[N+](=O)[O-].[H-].[Na+]. The molecule has 0 fully saturated rings. The molecule has 0 aromatic rings. The molecule has 0 aliphatic heterocycles. The minimum atomic E-state index is -4.62. The molecule has 92 valence electrons. The number of unbranched alkanes of at least 4 members (excludes halogenated alkanes) is 3. The van der Waals surface area contributed by atoms with E-state index in [0.29, 0.717) is 6.42 Å². The van der Waals surface area contributed by atoms with Crippen LogP contribution in [0.4, 0.5) is 0 Å². The van der Waals surface area contributed by atoms with Crippen molar-refractivity contribution in [2.45, 2.75) is 52.1 Å². The molecule has 0 aromatic carbocycles. The summed E-state index contributed by atoms with van der Waals surface area (Å²) >= 11 is 0. The van der Waals surface area contributed by atoms with Gasteiger partial charge < -0.3 is 1.43 Å². The molecular weight excluding hydrogens is 245 g/mol. The van der Waals surface area contributed by atoms with Crippen LogP contribution < -0.4 is 29.6 Å². The van der Waals surface area contributed by atoms with Gasteiger partial charge in [-0.15, -0.1) is 8.42 Å². The van der Waals surface area contributed by atoms with Crippen molar-refractivity contribution in [3.05, 3.63) is 10.1 Å². The first-order valence-corrected chi connectivity index (χ1v) is 6.34. The molecule has 6 nitrogen and oxygen atoms in total. The number of nitro groups is 1. The fourth-order valence-corrected chi connectivity index (χ4v) is 1.73. The summed E-state index contributed by atoms with van der Waals surface area (Å²) < 4.78 is 24.4. The van der Waals surface area contributed by atoms with Gasteiger partial charge in [-0.05, 0) is 13.3 Å². The van der Waals surface area contributed by atoms with E-state index in [1.165, 1.54) is 6.92 Å². The van der Waals surface area contributed by atoms with Crippen molar-refractivity contribution in [2.75, 3.05) is 0 Å². The van der Waals surface area contributed by atoms with Crippen LogP contribution in [0.3, 0.4) is 0 Å². The van der Waals surface area contributed by atoms with Crippen LogP contribution in [0.25, 0.3) is 0 Å². The van der Waals surface area contributed by atoms with Crippen LogP contribution in [0, 0.1) is 10.1 Å². The summed E-state index contributed by atoms with van der Waals surface area (Å²) in [6.07, 6.45) is 3.87. The fourth-order valence-electron chi connectivity index (χ4n) is 1.15. The van der Waals surface area contributed by atoms with Crippen LogP contribution in [0.2, 0.25) is 0 Å². The zero-order chi connectivity index (χ0) is 11.9. The van der Waals surface area contributed by atoms with Crippen LogP contribution in [0.1, 0.15) is 47.4 Å². The Morgan fingerprint density at radius 3 is 2.38 bits per heavy atom. The first-order chi connectivity index (χ1) is 6.90. The van der Waals surface area contributed by atoms with Crippen molar-refractivity contribution in [3.8, 4) is 0 Å². The molecule has 0 aliphatic carbocycles. The number of rotatable bonds is 8. The molecule has 0 saturated carbocycles. The van der Waals surface area contributed by atoms with Crippen LogP contribution in [0.5, 0.6) is 0 Å². The van der Waals surface area contributed by atoms with Crippen LogP contribution in [-0.4, -0.2) is 18.9 Å². The van der Waals surface area contributed by atoms with E-state index in [9.17, 15) is 18.5 Å². The summed E-state index contributed by atoms with van der Waals surface area (Å²) in [5.74, 6) is 0. The summed E-state index contributed by atoms with van der Waals surface area (Å²) in [5, 5.41) is 10.0. The monoisotopic (exact) mass is 263 g/mol. The Hall–Kier alpha value is 0.310. The Morgan fingerprint density at radius 1 is 1.38 bits per heavy atom. The smallest absolute Gasteiger partial charge is 1.00 e. The third-order valence-corrected chi connectivity index (χ3v) is 2.87. The quantitative estimate of drug-likeness (QED) is 0.243. The van der Waals surface area contributed by atoms with E-state index in [1.54, 1.807) is 0 Å². The van der Waals surface area contributed by atoms with E-state index in [2.05, 4.69) is 11.1 Å². The maximum Gasteiger partial charge on any atom is 1.00 e. The molecule has 1 unspecified atom stereocenters. The van der Waals surface area contributed by atoms with Crippen molar-refractivity contribution in [3.63, 3.8) is 0 Å². The molecule has 8 heteroatoms. The van der Waals surface area contributed by atoms with Crippen molar-refractivity contribution in [1.82, 2.24) is 0 Å². The summed E-state index contributed by atoms with van der Waals surface area (Å²) in [5.41, 5.74) is 0. The Labute approximate surface area is 120 Å². The van der Waals surface area contributed by atoms with Gasteiger partial charge in [0.05, 0.1) is 6.10 Å². The van der Waals surface area contributed by atoms with Gasteiger partial charge in [-0.2, -0.15) is 0 Å². The molecule has 0 rings (SSSR count). The minimum Gasteiger partial charge on any atom is -1.00 e. The first kappa shape index (κ1) is 18.7. The van der Waals surface area contributed by atoms with E-state index in [1.807, 2.05) is 0 Å². The Kier molecular flexibility index (Phi) is 10.9. The maximum absolute atomic E-state index is 10.7. The van der Waals surface area contributed by atoms with Gasteiger partial charge in [0.2, 0.25) is 0 Å². The summed E-state index contributed by atoms with van der Waals surface area (Å²) in [4.78, 5) is 10.0. The number of hydrogen-bond donors (Lipinski definition) is 0. The predicted molar refractivity (Wildman–Crippen MR) is 56.3 cm³/mol. The largest absolute Gasteiger partial charge is 1.00 e. The molecular formula is C8H18NNaO5S. The van der Waals surface area contributed by atoms with Crippen molar-refractivity contribution in [1.29, 1.82) is 0 Å². The zero-order valence-corrected chi connectivity index (χ0v) is 12.8. The van der Waals surface area contributed by atoms with Crippen molar-refractivity contribution >= 4 is 10.3 Å². The molecule has 16 heavy (non-hydrogen) atoms. The fraction of sp³-hybridized carbons (Fsp3) is 1.00.